The van der Waals surface area contributed by atoms with Crippen molar-refractivity contribution in [1.29, 1.82) is 5.26 Å². The molecule has 0 saturated heterocycles. The van der Waals surface area contributed by atoms with Gasteiger partial charge in [0.15, 0.2) is 0 Å². The predicted molar refractivity (Wildman–Crippen MR) is 107 cm³/mol. The van der Waals surface area contributed by atoms with Crippen molar-refractivity contribution in [2.45, 2.75) is 13.3 Å². The molecule has 7 nitrogen and oxygen atoms in total. The zero-order valence-corrected chi connectivity index (χ0v) is 15.8. The Morgan fingerprint density at radius 3 is 2.68 bits per heavy atom. The number of nitrogens with one attached hydrogen (secondary N) is 1. The topological polar surface area (TPSA) is 94.8 Å². The fourth-order valence-corrected chi connectivity index (χ4v) is 2.66. The van der Waals surface area contributed by atoms with Crippen molar-refractivity contribution in [2.24, 2.45) is 0 Å². The Balaban J connectivity index is 1.75. The van der Waals surface area contributed by atoms with Gasteiger partial charge in [-0.3, -0.25) is 9.78 Å². The van der Waals surface area contributed by atoms with E-state index < -0.39 is 0 Å². The lowest BCUT2D eigenvalue weighted by Gasteiger charge is -2.18. The lowest BCUT2D eigenvalue weighted by Crippen LogP contribution is -2.25. The number of hydrogen-bond acceptors (Lipinski definition) is 6. The summed E-state index contributed by atoms with van der Waals surface area (Å²) < 4.78 is 0. The molecule has 0 atom stereocenters. The van der Waals surface area contributed by atoms with Gasteiger partial charge in [0.25, 0.3) is 5.91 Å². The Hall–Kier alpha value is -3.79. The van der Waals surface area contributed by atoms with Crippen molar-refractivity contribution in [3.05, 3.63) is 77.4 Å². The molecule has 0 aliphatic heterocycles. The summed E-state index contributed by atoms with van der Waals surface area (Å²) in [6, 6.07) is 14.5. The number of aromatic nitrogens is 3. The maximum absolute atomic E-state index is 12.7. The molecule has 140 valence electrons. The normalized spacial score (nSPS) is 10.2. The second kappa shape index (κ2) is 8.73. The van der Waals surface area contributed by atoms with E-state index in [-0.39, 0.29) is 11.6 Å². The maximum Gasteiger partial charge on any atom is 0.274 e. The monoisotopic (exact) mass is 372 g/mol. The molecular weight excluding hydrogens is 352 g/mol. The number of anilines is 2. The van der Waals surface area contributed by atoms with Crippen LogP contribution in [0.25, 0.3) is 0 Å². The molecule has 0 aliphatic carbocycles. The number of aryl methyl sites for hydroxylation is 1. The number of para-hydroxylation sites is 1. The summed E-state index contributed by atoms with van der Waals surface area (Å²) in [7, 11) is 1.89. The van der Waals surface area contributed by atoms with E-state index in [2.05, 4.69) is 26.3 Å². The first kappa shape index (κ1) is 19.0. The molecule has 7 heteroatoms. The van der Waals surface area contributed by atoms with E-state index >= 15 is 0 Å². The highest BCUT2D eigenvalue weighted by Gasteiger charge is 2.14. The van der Waals surface area contributed by atoms with Crippen LogP contribution in [0.4, 0.5) is 11.6 Å². The average Bonchev–Trinajstić information content (AvgIpc) is 2.72. The van der Waals surface area contributed by atoms with Crippen LogP contribution in [-0.2, 0) is 6.42 Å². The average molecular weight is 372 g/mol. The second-order valence-corrected chi connectivity index (χ2v) is 6.33. The van der Waals surface area contributed by atoms with Gasteiger partial charge in [-0.2, -0.15) is 5.26 Å². The largest absolute Gasteiger partial charge is 0.344 e. The van der Waals surface area contributed by atoms with Crippen LogP contribution in [0.5, 0.6) is 0 Å². The first-order valence-corrected chi connectivity index (χ1v) is 8.83. The summed E-state index contributed by atoms with van der Waals surface area (Å²) in [5, 5.41) is 11.9. The number of pyridine rings is 1. The standard InChI is InChI=1S/C21H20N6O/c1-15-13-19(20(28)25-18-6-4-3-5-17(18)14-22)26-21(24-15)27(2)12-9-16-7-10-23-11-8-16/h3-8,10-11,13H,9,12H2,1-2H3,(H,25,28). The van der Waals surface area contributed by atoms with Crippen molar-refractivity contribution < 1.29 is 4.79 Å². The van der Waals surface area contributed by atoms with Gasteiger partial charge in [-0.25, -0.2) is 9.97 Å². The van der Waals surface area contributed by atoms with Crippen LogP contribution >= 0.6 is 0 Å². The summed E-state index contributed by atoms with van der Waals surface area (Å²) in [4.78, 5) is 27.4. The highest BCUT2D eigenvalue weighted by atomic mass is 16.1. The summed E-state index contributed by atoms with van der Waals surface area (Å²) in [6.07, 6.45) is 4.34. The zero-order chi connectivity index (χ0) is 19.9. The lowest BCUT2D eigenvalue weighted by molar-refractivity contribution is 0.102. The molecule has 0 bridgehead atoms. The van der Waals surface area contributed by atoms with Crippen molar-refractivity contribution >= 4 is 17.5 Å². The molecule has 28 heavy (non-hydrogen) atoms. The number of amides is 1. The van der Waals surface area contributed by atoms with E-state index in [9.17, 15) is 10.1 Å². The number of nitriles is 1. The third-order valence-corrected chi connectivity index (χ3v) is 4.20. The Bertz CT molecular complexity index is 1010. The molecule has 2 heterocycles. The molecule has 0 radical (unpaired) electrons. The van der Waals surface area contributed by atoms with Gasteiger partial charge >= 0.3 is 0 Å². The molecule has 1 aromatic carbocycles. The Labute approximate surface area is 163 Å². The quantitative estimate of drug-likeness (QED) is 0.715. The summed E-state index contributed by atoms with van der Waals surface area (Å²) >= 11 is 0. The van der Waals surface area contributed by atoms with E-state index in [1.165, 1.54) is 5.56 Å². The van der Waals surface area contributed by atoms with Crippen LogP contribution in [0.1, 0.15) is 27.3 Å². The molecule has 1 N–H and O–H groups in total. The van der Waals surface area contributed by atoms with Gasteiger partial charge in [0.2, 0.25) is 5.95 Å². The second-order valence-electron chi connectivity index (χ2n) is 6.33. The number of carbonyl (C=O) groups excluding carboxylic acids is 1. The van der Waals surface area contributed by atoms with Gasteiger partial charge in [-0.05, 0) is 49.2 Å². The zero-order valence-electron chi connectivity index (χ0n) is 15.8. The van der Waals surface area contributed by atoms with E-state index in [0.29, 0.717) is 29.4 Å². The molecule has 0 aliphatic rings. The van der Waals surface area contributed by atoms with E-state index in [1.807, 2.05) is 31.0 Å². The molecule has 1 amide bonds. The Morgan fingerprint density at radius 1 is 1.18 bits per heavy atom. The van der Waals surface area contributed by atoms with Gasteiger partial charge in [-0.1, -0.05) is 12.1 Å². The van der Waals surface area contributed by atoms with E-state index in [1.54, 1.807) is 42.7 Å². The van der Waals surface area contributed by atoms with Gasteiger partial charge in [-0.15, -0.1) is 0 Å². The minimum Gasteiger partial charge on any atom is -0.344 e. The molecule has 3 rings (SSSR count). The van der Waals surface area contributed by atoms with Gasteiger partial charge < -0.3 is 10.2 Å². The highest BCUT2D eigenvalue weighted by Crippen LogP contribution is 2.16. The fourth-order valence-electron chi connectivity index (χ4n) is 2.66. The number of hydrogen-bond donors (Lipinski definition) is 1. The Kier molecular flexibility index (Phi) is 5.92. The third kappa shape index (κ3) is 4.68. The first-order valence-electron chi connectivity index (χ1n) is 8.83. The third-order valence-electron chi connectivity index (χ3n) is 4.20. The lowest BCUT2D eigenvalue weighted by atomic mass is 10.2. The maximum atomic E-state index is 12.7. The van der Waals surface area contributed by atoms with Crippen LogP contribution in [0.2, 0.25) is 0 Å². The smallest absolute Gasteiger partial charge is 0.274 e. The number of benzene rings is 1. The number of carbonyl (C=O) groups is 1. The summed E-state index contributed by atoms with van der Waals surface area (Å²) in [6.45, 7) is 2.52. The minimum absolute atomic E-state index is 0.256. The van der Waals surface area contributed by atoms with Gasteiger partial charge in [0, 0.05) is 31.7 Å². The summed E-state index contributed by atoms with van der Waals surface area (Å²) in [5.74, 6) is 0.102. The number of rotatable bonds is 6. The predicted octanol–water partition coefficient (Wildman–Crippen LogP) is 2.98. The fraction of sp³-hybridized carbons (Fsp3) is 0.190. The minimum atomic E-state index is -0.378. The van der Waals surface area contributed by atoms with Crippen LogP contribution < -0.4 is 10.2 Å². The molecular formula is C21H20N6O. The van der Waals surface area contributed by atoms with Crippen molar-refractivity contribution in [3.63, 3.8) is 0 Å². The molecule has 0 saturated carbocycles. The molecule has 0 spiro atoms. The van der Waals surface area contributed by atoms with Crippen molar-refractivity contribution in [1.82, 2.24) is 15.0 Å². The highest BCUT2D eigenvalue weighted by molar-refractivity contribution is 6.03. The summed E-state index contributed by atoms with van der Waals surface area (Å²) in [5.41, 5.74) is 2.97. The van der Waals surface area contributed by atoms with Crippen LogP contribution in [0.3, 0.4) is 0 Å². The van der Waals surface area contributed by atoms with Crippen molar-refractivity contribution in [2.75, 3.05) is 23.8 Å². The van der Waals surface area contributed by atoms with Crippen LogP contribution in [0, 0.1) is 18.3 Å². The molecule has 2 aromatic heterocycles. The van der Waals surface area contributed by atoms with E-state index in [0.717, 1.165) is 6.42 Å². The number of nitrogens with zero attached hydrogens (tertiary/aromatic N) is 5. The molecule has 0 unspecified atom stereocenters. The first-order chi connectivity index (χ1) is 13.6. The van der Waals surface area contributed by atoms with Crippen molar-refractivity contribution in [3.8, 4) is 6.07 Å². The van der Waals surface area contributed by atoms with Gasteiger partial charge in [0.1, 0.15) is 11.8 Å². The van der Waals surface area contributed by atoms with E-state index in [4.69, 9.17) is 0 Å². The molecule has 0 fully saturated rings. The SMILES string of the molecule is Cc1cc(C(=O)Nc2ccccc2C#N)nc(N(C)CCc2ccncc2)n1. The van der Waals surface area contributed by atoms with Crippen LogP contribution in [-0.4, -0.2) is 34.5 Å². The Morgan fingerprint density at radius 2 is 1.93 bits per heavy atom. The van der Waals surface area contributed by atoms with Gasteiger partial charge in [0.05, 0.1) is 11.3 Å². The van der Waals surface area contributed by atoms with Crippen LogP contribution in [0.15, 0.2) is 54.9 Å². The molecule has 3 aromatic rings. The number of likely N-dealkylation sites (N-methyl/N-ethyl adjacent to an activating group) is 1.